The molecule has 1 aliphatic carbocycles. The van der Waals surface area contributed by atoms with Gasteiger partial charge in [0.2, 0.25) is 5.91 Å². The van der Waals surface area contributed by atoms with Crippen molar-refractivity contribution in [3.05, 3.63) is 23.7 Å². The van der Waals surface area contributed by atoms with Crippen LogP contribution in [-0.2, 0) is 16.1 Å². The van der Waals surface area contributed by atoms with Gasteiger partial charge in [-0.3, -0.25) is 9.69 Å². The number of amides is 1. The Labute approximate surface area is 137 Å². The van der Waals surface area contributed by atoms with Crippen molar-refractivity contribution in [3.63, 3.8) is 0 Å². The second-order valence-corrected chi connectivity index (χ2v) is 7.40. The topological polar surface area (TPSA) is 54.7 Å². The minimum Gasteiger partial charge on any atom is -0.465 e. The van der Waals surface area contributed by atoms with Gasteiger partial charge >= 0.3 is 0 Å². The van der Waals surface area contributed by atoms with E-state index in [0.29, 0.717) is 18.4 Å². The summed E-state index contributed by atoms with van der Waals surface area (Å²) < 4.78 is 11.8. The number of hydrogen-bond acceptors (Lipinski definition) is 4. The molecule has 1 aromatic heterocycles. The van der Waals surface area contributed by atoms with Crippen molar-refractivity contribution in [3.8, 4) is 0 Å². The number of carbonyl (C=O) groups excluding carboxylic acids is 1. The first-order valence-corrected chi connectivity index (χ1v) is 8.88. The average molecular weight is 318 g/mol. The number of rotatable bonds is 5. The van der Waals surface area contributed by atoms with E-state index in [2.05, 4.69) is 16.3 Å². The van der Waals surface area contributed by atoms with Crippen LogP contribution in [0.3, 0.4) is 0 Å². The van der Waals surface area contributed by atoms with Gasteiger partial charge < -0.3 is 14.5 Å². The monoisotopic (exact) mass is 318 g/mol. The van der Waals surface area contributed by atoms with Gasteiger partial charge in [0.05, 0.1) is 25.2 Å². The third-order valence-electron chi connectivity index (χ3n) is 5.45. The number of hydrogen-bond donors (Lipinski definition) is 1. The Bertz CT molecular complexity index is 552. The van der Waals surface area contributed by atoms with Gasteiger partial charge in [0.15, 0.2) is 0 Å². The van der Waals surface area contributed by atoms with Crippen LogP contribution in [0.15, 0.2) is 16.5 Å². The molecule has 1 saturated carbocycles. The van der Waals surface area contributed by atoms with Crippen LogP contribution >= 0.6 is 0 Å². The molecule has 1 N–H and O–H groups in total. The summed E-state index contributed by atoms with van der Waals surface area (Å²) in [4.78, 5) is 14.4. The van der Waals surface area contributed by atoms with Crippen molar-refractivity contribution in [1.82, 2.24) is 10.2 Å². The van der Waals surface area contributed by atoms with Gasteiger partial charge in [0, 0.05) is 25.0 Å². The Balaban J connectivity index is 1.22. The number of aryl methyl sites for hydroxylation is 1. The molecular formula is C18H26N2O3. The standard InChI is InChI=1S/C18H26N2O3/c1-12-5-6-15(22-12)10-20-9-13-7-16(23-17(13)11-20)8-18(21)19-14-3-2-4-14/h5-6,13-14,16-17H,2-4,7-11H2,1H3,(H,19,21)/t13-,16+,17+/m0/s1. The molecule has 4 rings (SSSR count). The molecule has 3 fully saturated rings. The normalized spacial score (nSPS) is 31.1. The first-order chi connectivity index (χ1) is 11.2. The summed E-state index contributed by atoms with van der Waals surface area (Å²) in [5.74, 6) is 2.72. The smallest absolute Gasteiger partial charge is 0.222 e. The zero-order chi connectivity index (χ0) is 15.8. The zero-order valence-corrected chi connectivity index (χ0v) is 13.8. The minimum atomic E-state index is 0.109. The average Bonchev–Trinajstić information content (AvgIpc) is 3.10. The van der Waals surface area contributed by atoms with E-state index < -0.39 is 0 Å². The lowest BCUT2D eigenvalue weighted by molar-refractivity contribution is -0.125. The molecule has 1 amide bonds. The summed E-state index contributed by atoms with van der Waals surface area (Å²) in [6, 6.07) is 4.49. The van der Waals surface area contributed by atoms with Crippen molar-refractivity contribution in [2.24, 2.45) is 5.92 Å². The van der Waals surface area contributed by atoms with Crippen molar-refractivity contribution >= 4 is 5.91 Å². The lowest BCUT2D eigenvalue weighted by atomic mass is 9.93. The van der Waals surface area contributed by atoms with Gasteiger partial charge in [-0.2, -0.15) is 0 Å². The zero-order valence-electron chi connectivity index (χ0n) is 13.8. The molecular weight excluding hydrogens is 292 g/mol. The quantitative estimate of drug-likeness (QED) is 0.904. The Morgan fingerprint density at radius 3 is 2.87 bits per heavy atom. The van der Waals surface area contributed by atoms with Crippen LogP contribution in [0.1, 0.15) is 43.6 Å². The maximum atomic E-state index is 12.0. The van der Waals surface area contributed by atoms with Crippen LogP contribution < -0.4 is 5.32 Å². The highest BCUT2D eigenvalue weighted by molar-refractivity contribution is 5.76. The van der Waals surface area contributed by atoms with E-state index >= 15 is 0 Å². The number of nitrogens with zero attached hydrogens (tertiary/aromatic N) is 1. The lowest BCUT2D eigenvalue weighted by Crippen LogP contribution is -2.40. The van der Waals surface area contributed by atoms with Crippen molar-refractivity contribution < 1.29 is 13.9 Å². The van der Waals surface area contributed by atoms with Gasteiger partial charge in [-0.05, 0) is 44.7 Å². The highest BCUT2D eigenvalue weighted by Gasteiger charge is 2.42. The molecule has 3 atom stereocenters. The van der Waals surface area contributed by atoms with Crippen molar-refractivity contribution in [1.29, 1.82) is 0 Å². The second kappa shape index (κ2) is 6.29. The van der Waals surface area contributed by atoms with Gasteiger partial charge in [0.25, 0.3) is 0 Å². The molecule has 0 radical (unpaired) electrons. The number of likely N-dealkylation sites (tertiary alicyclic amines) is 1. The highest BCUT2D eigenvalue weighted by Crippen LogP contribution is 2.35. The molecule has 0 spiro atoms. The third-order valence-corrected chi connectivity index (χ3v) is 5.45. The second-order valence-electron chi connectivity index (χ2n) is 7.40. The molecule has 23 heavy (non-hydrogen) atoms. The Morgan fingerprint density at radius 1 is 1.35 bits per heavy atom. The van der Waals surface area contributed by atoms with E-state index in [-0.39, 0.29) is 18.1 Å². The third kappa shape index (κ3) is 3.45. The van der Waals surface area contributed by atoms with Crippen LogP contribution in [0, 0.1) is 12.8 Å². The van der Waals surface area contributed by atoms with Crippen LogP contribution in [0.25, 0.3) is 0 Å². The first kappa shape index (κ1) is 15.2. The molecule has 0 bridgehead atoms. The first-order valence-electron chi connectivity index (χ1n) is 8.88. The summed E-state index contributed by atoms with van der Waals surface area (Å²) in [6.45, 7) is 4.83. The fraction of sp³-hybridized carbons (Fsp3) is 0.722. The predicted molar refractivity (Wildman–Crippen MR) is 85.9 cm³/mol. The summed E-state index contributed by atoms with van der Waals surface area (Å²) in [5.41, 5.74) is 0. The van der Waals surface area contributed by atoms with Crippen molar-refractivity contribution in [2.45, 2.75) is 63.8 Å². The Kier molecular flexibility index (Phi) is 4.16. The molecule has 1 aromatic rings. The number of nitrogens with one attached hydrogen (secondary N) is 1. The molecule has 5 heteroatoms. The minimum absolute atomic E-state index is 0.109. The SMILES string of the molecule is Cc1ccc(CN2C[C@@H]3C[C@H](CC(=O)NC4CCC4)O[C@@H]3C2)o1. The predicted octanol–water partition coefficient (Wildman–Crippen LogP) is 2.24. The molecule has 2 saturated heterocycles. The van der Waals surface area contributed by atoms with E-state index in [0.717, 1.165) is 50.4 Å². The molecule has 3 heterocycles. The number of fused-ring (bicyclic) bond motifs is 1. The van der Waals surface area contributed by atoms with Crippen LogP contribution in [-0.4, -0.2) is 42.1 Å². The fourth-order valence-corrected chi connectivity index (χ4v) is 4.05. The van der Waals surface area contributed by atoms with Gasteiger partial charge in [0.1, 0.15) is 11.5 Å². The number of carbonyl (C=O) groups is 1. The van der Waals surface area contributed by atoms with Gasteiger partial charge in [-0.1, -0.05) is 0 Å². The number of furan rings is 1. The van der Waals surface area contributed by atoms with E-state index in [1.165, 1.54) is 6.42 Å². The summed E-state index contributed by atoms with van der Waals surface area (Å²) in [6.07, 6.45) is 5.47. The Hall–Kier alpha value is -1.33. The maximum absolute atomic E-state index is 12.0. The molecule has 5 nitrogen and oxygen atoms in total. The molecule has 0 aromatic carbocycles. The van der Waals surface area contributed by atoms with E-state index in [4.69, 9.17) is 9.15 Å². The van der Waals surface area contributed by atoms with Crippen LogP contribution in [0.2, 0.25) is 0 Å². The highest BCUT2D eigenvalue weighted by atomic mass is 16.5. The molecule has 0 unspecified atom stereocenters. The lowest BCUT2D eigenvalue weighted by Gasteiger charge is -2.27. The van der Waals surface area contributed by atoms with E-state index in [1.54, 1.807) is 0 Å². The van der Waals surface area contributed by atoms with Gasteiger partial charge in [-0.25, -0.2) is 0 Å². The molecule has 126 valence electrons. The van der Waals surface area contributed by atoms with Crippen LogP contribution in [0.4, 0.5) is 0 Å². The summed E-state index contributed by atoms with van der Waals surface area (Å²) >= 11 is 0. The van der Waals surface area contributed by atoms with E-state index in [9.17, 15) is 4.79 Å². The summed E-state index contributed by atoms with van der Waals surface area (Å²) in [5, 5.41) is 3.11. The maximum Gasteiger partial charge on any atom is 0.222 e. The molecule has 2 aliphatic heterocycles. The summed E-state index contributed by atoms with van der Waals surface area (Å²) in [7, 11) is 0. The largest absolute Gasteiger partial charge is 0.465 e. The number of ether oxygens (including phenoxy) is 1. The van der Waals surface area contributed by atoms with E-state index in [1.807, 2.05) is 13.0 Å². The fourth-order valence-electron chi connectivity index (χ4n) is 4.05. The van der Waals surface area contributed by atoms with Crippen LogP contribution in [0.5, 0.6) is 0 Å². The Morgan fingerprint density at radius 2 is 2.22 bits per heavy atom. The van der Waals surface area contributed by atoms with Gasteiger partial charge in [-0.15, -0.1) is 0 Å². The molecule has 3 aliphatic rings. The van der Waals surface area contributed by atoms with Crippen molar-refractivity contribution in [2.75, 3.05) is 13.1 Å².